The maximum Gasteiger partial charge on any atom is 0.290 e. The van der Waals surface area contributed by atoms with Gasteiger partial charge in [-0.2, -0.15) is 0 Å². The van der Waals surface area contributed by atoms with E-state index in [-0.39, 0.29) is 11.7 Å². The molecule has 1 saturated heterocycles. The highest BCUT2D eigenvalue weighted by atomic mass is 16.2. The second kappa shape index (κ2) is 6.49. The Morgan fingerprint density at radius 2 is 2.44 bits per heavy atom. The summed E-state index contributed by atoms with van der Waals surface area (Å²) in [7, 11) is 0. The zero-order valence-corrected chi connectivity index (χ0v) is 10.8. The van der Waals surface area contributed by atoms with Gasteiger partial charge in [0.05, 0.1) is 0 Å². The van der Waals surface area contributed by atoms with Gasteiger partial charge >= 0.3 is 0 Å². The van der Waals surface area contributed by atoms with Crippen LogP contribution in [0.5, 0.6) is 0 Å². The Balaban J connectivity index is 1.72. The highest BCUT2D eigenvalue weighted by Gasteiger charge is 2.15. The van der Waals surface area contributed by atoms with Crippen molar-refractivity contribution in [2.75, 3.05) is 13.1 Å². The first-order valence-electron chi connectivity index (χ1n) is 6.72. The highest BCUT2D eigenvalue weighted by molar-refractivity contribution is 5.90. The number of nitrogens with one attached hydrogen (secondary N) is 3. The van der Waals surface area contributed by atoms with Crippen molar-refractivity contribution in [2.45, 2.75) is 45.1 Å². The maximum atomic E-state index is 11.8. The van der Waals surface area contributed by atoms with Gasteiger partial charge in [0.1, 0.15) is 5.82 Å². The number of aromatic nitrogens is 3. The van der Waals surface area contributed by atoms with Crippen LogP contribution in [0, 0.1) is 0 Å². The predicted octanol–water partition coefficient (Wildman–Crippen LogP) is 0.629. The lowest BCUT2D eigenvalue weighted by Crippen LogP contribution is -2.31. The van der Waals surface area contributed by atoms with E-state index in [1.165, 1.54) is 12.8 Å². The van der Waals surface area contributed by atoms with Gasteiger partial charge in [-0.3, -0.25) is 9.89 Å². The lowest BCUT2D eigenvalue weighted by Gasteiger charge is -2.09. The van der Waals surface area contributed by atoms with Crippen LogP contribution in [0.2, 0.25) is 0 Å². The molecule has 1 fully saturated rings. The Morgan fingerprint density at radius 1 is 1.56 bits per heavy atom. The molecule has 2 rings (SSSR count). The van der Waals surface area contributed by atoms with Crippen LogP contribution in [0.3, 0.4) is 0 Å². The SMILES string of the molecule is CCCc1nc(C(=O)NCC[C@@H]2CCCN2)n[nH]1. The number of rotatable bonds is 6. The molecular formula is C12H21N5O. The van der Waals surface area contributed by atoms with Crippen LogP contribution in [0.25, 0.3) is 0 Å². The molecule has 0 bridgehead atoms. The molecule has 0 aromatic carbocycles. The lowest BCUT2D eigenvalue weighted by atomic mass is 10.1. The van der Waals surface area contributed by atoms with E-state index in [0.29, 0.717) is 12.6 Å². The molecule has 0 aliphatic carbocycles. The molecule has 100 valence electrons. The molecule has 1 amide bonds. The minimum Gasteiger partial charge on any atom is -0.349 e. The predicted molar refractivity (Wildman–Crippen MR) is 68.4 cm³/mol. The van der Waals surface area contributed by atoms with Crippen LogP contribution in [-0.2, 0) is 6.42 Å². The molecule has 6 nitrogen and oxygen atoms in total. The van der Waals surface area contributed by atoms with E-state index >= 15 is 0 Å². The summed E-state index contributed by atoms with van der Waals surface area (Å²) in [5.41, 5.74) is 0. The third-order valence-corrected chi connectivity index (χ3v) is 3.16. The summed E-state index contributed by atoms with van der Waals surface area (Å²) in [6.45, 7) is 3.84. The van der Waals surface area contributed by atoms with E-state index in [4.69, 9.17) is 0 Å². The van der Waals surface area contributed by atoms with Crippen LogP contribution in [-0.4, -0.2) is 40.2 Å². The Kier molecular flexibility index (Phi) is 4.69. The first-order chi connectivity index (χ1) is 8.79. The number of nitrogens with zero attached hydrogens (tertiary/aromatic N) is 2. The average Bonchev–Trinajstić information content (AvgIpc) is 3.00. The number of hydrogen-bond acceptors (Lipinski definition) is 4. The Morgan fingerprint density at radius 3 is 3.17 bits per heavy atom. The maximum absolute atomic E-state index is 11.8. The number of hydrogen-bond donors (Lipinski definition) is 3. The van der Waals surface area contributed by atoms with Crippen molar-refractivity contribution in [2.24, 2.45) is 0 Å². The summed E-state index contributed by atoms with van der Waals surface area (Å²) >= 11 is 0. The van der Waals surface area contributed by atoms with Gasteiger partial charge in [-0.05, 0) is 32.2 Å². The normalized spacial score (nSPS) is 19.1. The smallest absolute Gasteiger partial charge is 0.290 e. The standard InChI is InChI=1S/C12H21N5O/c1-2-4-10-15-11(17-16-10)12(18)14-8-6-9-5-3-7-13-9/h9,13H,2-8H2,1H3,(H,14,18)(H,15,16,17)/t9-/m0/s1. The number of H-pyrrole nitrogens is 1. The van der Waals surface area contributed by atoms with Crippen molar-refractivity contribution in [3.63, 3.8) is 0 Å². The van der Waals surface area contributed by atoms with Crippen molar-refractivity contribution in [1.82, 2.24) is 25.8 Å². The molecule has 3 N–H and O–H groups in total. The molecule has 1 aliphatic rings. The minimum atomic E-state index is -0.188. The van der Waals surface area contributed by atoms with E-state index in [9.17, 15) is 4.79 Å². The Labute approximate surface area is 107 Å². The van der Waals surface area contributed by atoms with E-state index in [2.05, 4.69) is 32.7 Å². The van der Waals surface area contributed by atoms with Gasteiger partial charge in [-0.25, -0.2) is 4.98 Å². The van der Waals surface area contributed by atoms with Gasteiger partial charge in [0.25, 0.3) is 5.91 Å². The second-order valence-corrected chi connectivity index (χ2v) is 4.69. The number of amides is 1. The molecule has 0 unspecified atom stereocenters. The van der Waals surface area contributed by atoms with Gasteiger partial charge in [0, 0.05) is 19.0 Å². The van der Waals surface area contributed by atoms with Gasteiger partial charge in [0.2, 0.25) is 5.82 Å². The summed E-state index contributed by atoms with van der Waals surface area (Å²) in [4.78, 5) is 15.9. The molecule has 0 saturated carbocycles. The fraction of sp³-hybridized carbons (Fsp3) is 0.750. The molecule has 1 aromatic rings. The van der Waals surface area contributed by atoms with Crippen molar-refractivity contribution in [3.05, 3.63) is 11.6 Å². The summed E-state index contributed by atoms with van der Waals surface area (Å²) in [5, 5.41) is 13.0. The number of carbonyl (C=O) groups is 1. The van der Waals surface area contributed by atoms with Gasteiger partial charge in [-0.15, -0.1) is 5.10 Å². The first kappa shape index (κ1) is 13.0. The molecule has 1 aliphatic heterocycles. The molecule has 18 heavy (non-hydrogen) atoms. The fourth-order valence-corrected chi connectivity index (χ4v) is 2.19. The molecule has 1 atom stereocenters. The molecule has 0 spiro atoms. The number of carbonyl (C=O) groups excluding carboxylic acids is 1. The van der Waals surface area contributed by atoms with Crippen molar-refractivity contribution >= 4 is 5.91 Å². The molecule has 6 heteroatoms. The molecular weight excluding hydrogens is 230 g/mol. The van der Waals surface area contributed by atoms with E-state index < -0.39 is 0 Å². The van der Waals surface area contributed by atoms with Crippen molar-refractivity contribution < 1.29 is 4.79 Å². The molecule has 2 heterocycles. The quantitative estimate of drug-likeness (QED) is 0.692. The minimum absolute atomic E-state index is 0.188. The van der Waals surface area contributed by atoms with Gasteiger partial charge in [0.15, 0.2) is 0 Å². The number of aromatic amines is 1. The van der Waals surface area contributed by atoms with Crippen LogP contribution in [0.1, 0.15) is 49.1 Å². The highest BCUT2D eigenvalue weighted by Crippen LogP contribution is 2.07. The summed E-state index contributed by atoms with van der Waals surface area (Å²) < 4.78 is 0. The van der Waals surface area contributed by atoms with E-state index in [1.54, 1.807) is 0 Å². The van der Waals surface area contributed by atoms with Crippen LogP contribution in [0.15, 0.2) is 0 Å². The Hall–Kier alpha value is -1.43. The first-order valence-corrected chi connectivity index (χ1v) is 6.72. The van der Waals surface area contributed by atoms with Crippen LogP contribution >= 0.6 is 0 Å². The lowest BCUT2D eigenvalue weighted by molar-refractivity contribution is 0.0942. The van der Waals surface area contributed by atoms with Gasteiger partial charge < -0.3 is 10.6 Å². The Bertz CT molecular complexity index is 384. The fourth-order valence-electron chi connectivity index (χ4n) is 2.19. The van der Waals surface area contributed by atoms with Crippen LogP contribution in [0.4, 0.5) is 0 Å². The zero-order valence-electron chi connectivity index (χ0n) is 10.8. The summed E-state index contributed by atoms with van der Waals surface area (Å²) in [6, 6.07) is 0.549. The zero-order chi connectivity index (χ0) is 12.8. The second-order valence-electron chi connectivity index (χ2n) is 4.69. The topological polar surface area (TPSA) is 82.7 Å². The summed E-state index contributed by atoms with van der Waals surface area (Å²) in [6.07, 6.45) is 5.23. The average molecular weight is 251 g/mol. The largest absolute Gasteiger partial charge is 0.349 e. The third-order valence-electron chi connectivity index (χ3n) is 3.16. The van der Waals surface area contributed by atoms with Gasteiger partial charge in [-0.1, -0.05) is 6.92 Å². The molecule has 0 radical (unpaired) electrons. The van der Waals surface area contributed by atoms with Crippen molar-refractivity contribution in [3.8, 4) is 0 Å². The van der Waals surface area contributed by atoms with E-state index in [0.717, 1.165) is 31.6 Å². The monoisotopic (exact) mass is 251 g/mol. The van der Waals surface area contributed by atoms with Crippen molar-refractivity contribution in [1.29, 1.82) is 0 Å². The van der Waals surface area contributed by atoms with Crippen LogP contribution < -0.4 is 10.6 Å². The number of aryl methyl sites for hydroxylation is 1. The third kappa shape index (κ3) is 3.53. The van der Waals surface area contributed by atoms with E-state index in [1.807, 2.05) is 0 Å². The summed E-state index contributed by atoms with van der Waals surface area (Å²) in [5.74, 6) is 0.838. The molecule has 1 aromatic heterocycles.